The van der Waals surface area contributed by atoms with Gasteiger partial charge < -0.3 is 25.8 Å². The molecule has 4 N–H and O–H groups in total. The number of aromatic amines is 1. The Hall–Kier alpha value is -4.26. The Labute approximate surface area is 258 Å². The van der Waals surface area contributed by atoms with Crippen molar-refractivity contribution in [3.05, 3.63) is 103 Å². The fourth-order valence-electron chi connectivity index (χ4n) is 5.50. The van der Waals surface area contributed by atoms with Crippen LogP contribution in [-0.2, 0) is 4.79 Å². The minimum absolute atomic E-state index is 0.141. The number of aliphatic imine (C=N–C) groups is 1. The Morgan fingerprint density at radius 3 is 2.63 bits per heavy atom. The standard InChI is InChI=1S/C18H21N5.C16H23NO.C2H6/c1-3-6-15-22(2)16(17-18(19)20-9-10-23(15)17)14-11-12-7-4-5-8-13(12)21-14;1-5-8-9-13(7-3)14-10-15(14)16(18)17-11-12(4)6-2;1-2/h4-5,7-11,15,21H,3,6H2,1-2H3,(H2,19,20);5-9,12,14-15H,1-2,10-11H2,3-4H3,(H,17,18);1-2H3/b;9-8-,13-7+;/t;12-,14-,15?;/m.0./s1. The van der Waals surface area contributed by atoms with Gasteiger partial charge in [0.1, 0.15) is 17.7 Å². The number of nitrogens with zero attached hydrogens (tertiary/aromatic N) is 3. The Balaban J connectivity index is 0.000000230. The second-order valence-electron chi connectivity index (χ2n) is 10.9. The van der Waals surface area contributed by atoms with E-state index in [-0.39, 0.29) is 18.0 Å². The van der Waals surface area contributed by atoms with Crippen molar-refractivity contribution in [2.75, 3.05) is 13.6 Å². The van der Waals surface area contributed by atoms with E-state index in [0.29, 0.717) is 24.2 Å². The van der Waals surface area contributed by atoms with Crippen molar-refractivity contribution in [2.24, 2.45) is 28.5 Å². The second kappa shape index (κ2) is 15.8. The SMILES string of the molecule is C=C/C=C\C(=C/C)[C@@H]1CC1C(=O)NC[C@@H](C)C=C.CC.CCCC1N(C)C(c2cc3ccccc3[nH]2)=C2C(N)=NC=CN21. The summed E-state index contributed by atoms with van der Waals surface area (Å²) in [5.74, 6) is 1.59. The van der Waals surface area contributed by atoms with Crippen molar-refractivity contribution in [1.29, 1.82) is 0 Å². The Kier molecular flexibility index (Phi) is 12.2. The number of carbonyl (C=O) groups excluding carboxylic acids is 1. The van der Waals surface area contributed by atoms with Crippen molar-refractivity contribution >= 4 is 28.3 Å². The van der Waals surface area contributed by atoms with Crippen molar-refractivity contribution in [3.63, 3.8) is 0 Å². The van der Waals surface area contributed by atoms with E-state index in [1.165, 1.54) is 11.0 Å². The van der Waals surface area contributed by atoms with Gasteiger partial charge in [-0.2, -0.15) is 0 Å². The highest BCUT2D eigenvalue weighted by atomic mass is 16.2. The van der Waals surface area contributed by atoms with Gasteiger partial charge in [0.05, 0.1) is 11.4 Å². The minimum atomic E-state index is 0.141. The molecule has 3 aliphatic rings. The maximum atomic E-state index is 11.9. The average Bonchev–Trinajstić information content (AvgIpc) is 3.62. The zero-order valence-corrected chi connectivity index (χ0v) is 26.8. The van der Waals surface area contributed by atoms with Crippen LogP contribution in [0.15, 0.2) is 103 Å². The molecule has 0 spiro atoms. The molecule has 0 bridgehead atoms. The molecule has 1 fully saturated rings. The smallest absolute Gasteiger partial charge is 0.223 e. The van der Waals surface area contributed by atoms with E-state index in [0.717, 1.165) is 41.9 Å². The summed E-state index contributed by atoms with van der Waals surface area (Å²) in [5.41, 5.74) is 11.8. The van der Waals surface area contributed by atoms with Gasteiger partial charge in [-0.25, -0.2) is 4.99 Å². The van der Waals surface area contributed by atoms with Crippen LogP contribution in [0.3, 0.4) is 0 Å². The second-order valence-corrected chi connectivity index (χ2v) is 10.9. The molecule has 4 atom stereocenters. The molecule has 230 valence electrons. The van der Waals surface area contributed by atoms with E-state index < -0.39 is 0 Å². The molecule has 5 rings (SSSR count). The molecule has 3 heterocycles. The Morgan fingerprint density at radius 2 is 1.98 bits per heavy atom. The molecule has 43 heavy (non-hydrogen) atoms. The van der Waals surface area contributed by atoms with Gasteiger partial charge in [-0.05, 0) is 49.3 Å². The first kappa shape index (κ1) is 33.2. The number of rotatable bonds is 10. The number of nitrogens with one attached hydrogen (secondary N) is 2. The highest BCUT2D eigenvalue weighted by Gasteiger charge is 2.44. The first-order chi connectivity index (χ1) is 20.8. The fourth-order valence-corrected chi connectivity index (χ4v) is 5.50. The van der Waals surface area contributed by atoms with E-state index in [4.69, 9.17) is 5.73 Å². The lowest BCUT2D eigenvalue weighted by atomic mass is 10.1. The number of nitrogens with two attached hydrogens (primary N) is 1. The fraction of sp³-hybridized carbons (Fsp3) is 0.389. The minimum Gasteiger partial charge on any atom is -0.382 e. The van der Waals surface area contributed by atoms with Crippen LogP contribution >= 0.6 is 0 Å². The molecule has 7 heteroatoms. The van der Waals surface area contributed by atoms with E-state index >= 15 is 0 Å². The lowest BCUT2D eigenvalue weighted by molar-refractivity contribution is -0.122. The number of hydrogen-bond acceptors (Lipinski definition) is 5. The lowest BCUT2D eigenvalue weighted by Crippen LogP contribution is -2.38. The summed E-state index contributed by atoms with van der Waals surface area (Å²) in [7, 11) is 2.13. The summed E-state index contributed by atoms with van der Waals surface area (Å²) in [6.45, 7) is 18.3. The quantitative estimate of drug-likeness (QED) is 0.202. The normalized spacial score (nSPS) is 21.4. The van der Waals surface area contributed by atoms with Crippen molar-refractivity contribution in [3.8, 4) is 0 Å². The molecule has 2 aliphatic heterocycles. The van der Waals surface area contributed by atoms with Gasteiger partial charge in [-0.3, -0.25) is 4.79 Å². The summed E-state index contributed by atoms with van der Waals surface area (Å²) in [4.78, 5) is 24.3. The van der Waals surface area contributed by atoms with Gasteiger partial charge in [-0.15, -0.1) is 6.58 Å². The maximum Gasteiger partial charge on any atom is 0.223 e. The Morgan fingerprint density at radius 1 is 1.23 bits per heavy atom. The van der Waals surface area contributed by atoms with Crippen LogP contribution in [0.1, 0.15) is 59.6 Å². The molecular weight excluding hydrogens is 532 g/mol. The van der Waals surface area contributed by atoms with Gasteiger partial charge in [0.2, 0.25) is 5.91 Å². The molecule has 1 aromatic carbocycles. The number of hydrogen-bond donors (Lipinski definition) is 3. The van der Waals surface area contributed by atoms with Crippen LogP contribution < -0.4 is 11.1 Å². The Bertz CT molecular complexity index is 1390. The molecule has 7 nitrogen and oxygen atoms in total. The number of carbonyl (C=O) groups is 1. The van der Waals surface area contributed by atoms with Gasteiger partial charge >= 0.3 is 0 Å². The number of amidine groups is 1. The highest BCUT2D eigenvalue weighted by Crippen LogP contribution is 2.45. The third-order valence-corrected chi connectivity index (χ3v) is 7.93. The molecule has 0 radical (unpaired) electrons. The van der Waals surface area contributed by atoms with Gasteiger partial charge in [0.15, 0.2) is 0 Å². The van der Waals surface area contributed by atoms with Crippen LogP contribution in [-0.4, -0.2) is 46.3 Å². The zero-order valence-electron chi connectivity index (χ0n) is 26.8. The van der Waals surface area contributed by atoms with Crippen molar-refractivity contribution < 1.29 is 4.79 Å². The largest absolute Gasteiger partial charge is 0.382 e. The van der Waals surface area contributed by atoms with Crippen molar-refractivity contribution in [2.45, 2.75) is 60.0 Å². The number of amides is 1. The molecule has 2 unspecified atom stereocenters. The topological polar surface area (TPSA) is 89.8 Å². The molecule has 1 aromatic heterocycles. The van der Waals surface area contributed by atoms with Crippen LogP contribution in [0.5, 0.6) is 0 Å². The number of para-hydroxylation sites is 1. The number of allylic oxidation sites excluding steroid dienone is 5. The average molecular weight is 583 g/mol. The number of H-pyrrole nitrogens is 1. The number of aromatic nitrogens is 1. The first-order valence-corrected chi connectivity index (χ1v) is 15.5. The van der Waals surface area contributed by atoms with E-state index in [1.807, 2.05) is 58.2 Å². The van der Waals surface area contributed by atoms with E-state index in [1.54, 1.807) is 12.3 Å². The van der Waals surface area contributed by atoms with Gasteiger partial charge in [-0.1, -0.05) is 89.3 Å². The number of benzene rings is 1. The summed E-state index contributed by atoms with van der Waals surface area (Å²) in [6, 6.07) is 10.5. The first-order valence-electron chi connectivity index (χ1n) is 15.5. The van der Waals surface area contributed by atoms with Crippen LogP contribution in [0.25, 0.3) is 16.6 Å². The maximum absolute atomic E-state index is 11.9. The zero-order chi connectivity index (χ0) is 31.5. The predicted molar refractivity (Wildman–Crippen MR) is 183 cm³/mol. The summed E-state index contributed by atoms with van der Waals surface area (Å²) in [6.07, 6.45) is 16.9. The molecule has 1 saturated carbocycles. The van der Waals surface area contributed by atoms with Gasteiger partial charge in [0.25, 0.3) is 0 Å². The van der Waals surface area contributed by atoms with Crippen molar-refractivity contribution in [1.82, 2.24) is 20.1 Å². The van der Waals surface area contributed by atoms with Crippen LogP contribution in [0.4, 0.5) is 0 Å². The summed E-state index contributed by atoms with van der Waals surface area (Å²) >= 11 is 0. The molecule has 1 amide bonds. The molecule has 1 aliphatic carbocycles. The summed E-state index contributed by atoms with van der Waals surface area (Å²) < 4.78 is 0. The molecule has 0 saturated heterocycles. The van der Waals surface area contributed by atoms with Gasteiger partial charge in [0, 0.05) is 42.8 Å². The summed E-state index contributed by atoms with van der Waals surface area (Å²) in [5, 5.41) is 4.18. The predicted octanol–water partition coefficient (Wildman–Crippen LogP) is 7.33. The molecular formula is C36H50N6O. The third kappa shape index (κ3) is 7.78. The van der Waals surface area contributed by atoms with E-state index in [2.05, 4.69) is 82.6 Å². The highest BCUT2D eigenvalue weighted by molar-refractivity contribution is 6.05. The third-order valence-electron chi connectivity index (χ3n) is 7.93. The monoisotopic (exact) mass is 582 g/mol. The lowest BCUT2D eigenvalue weighted by Gasteiger charge is -2.30. The number of fused-ring (bicyclic) bond motifs is 2. The van der Waals surface area contributed by atoms with Crippen LogP contribution in [0, 0.1) is 17.8 Å². The van der Waals surface area contributed by atoms with E-state index in [9.17, 15) is 4.79 Å². The van der Waals surface area contributed by atoms with Crippen LogP contribution in [0.2, 0.25) is 0 Å². The molecule has 2 aromatic rings.